The lowest BCUT2D eigenvalue weighted by Crippen LogP contribution is -2.12. The summed E-state index contributed by atoms with van der Waals surface area (Å²) in [5.74, 6) is 0.0186. The van der Waals surface area contributed by atoms with E-state index in [4.69, 9.17) is 0 Å². The monoisotopic (exact) mass is 342 g/mol. The molecule has 0 spiro atoms. The molecule has 0 saturated heterocycles. The summed E-state index contributed by atoms with van der Waals surface area (Å²) in [5, 5.41) is 14.3. The van der Waals surface area contributed by atoms with Crippen molar-refractivity contribution in [1.29, 1.82) is 0 Å². The van der Waals surface area contributed by atoms with Crippen molar-refractivity contribution in [2.75, 3.05) is 17.2 Å². The second-order valence-electron chi connectivity index (χ2n) is 3.52. The zero-order valence-electron chi connectivity index (χ0n) is 10.1. The number of aromatic nitrogens is 4. The predicted octanol–water partition coefficient (Wildman–Crippen LogP) is 2.16. The molecule has 2 aromatic heterocycles. The van der Waals surface area contributed by atoms with Crippen molar-refractivity contribution in [1.82, 2.24) is 20.2 Å². The normalized spacial score (nSPS) is 10.2. The van der Waals surface area contributed by atoms with Crippen LogP contribution in [0.4, 0.5) is 10.9 Å². The molecule has 0 aromatic carbocycles. The number of carbonyl (C=O) groups is 1. The highest BCUT2D eigenvalue weighted by molar-refractivity contribution is 9.10. The largest absolute Gasteiger partial charge is 0.360 e. The van der Waals surface area contributed by atoms with Crippen LogP contribution in [0.3, 0.4) is 0 Å². The van der Waals surface area contributed by atoms with Gasteiger partial charge in [-0.15, -0.1) is 10.2 Å². The third kappa shape index (κ3) is 3.93. The molecule has 7 nitrogen and oxygen atoms in total. The van der Waals surface area contributed by atoms with Crippen LogP contribution in [0, 0.1) is 0 Å². The maximum absolute atomic E-state index is 11.9. The minimum absolute atomic E-state index is 0.281. The van der Waals surface area contributed by atoms with Crippen molar-refractivity contribution >= 4 is 44.1 Å². The van der Waals surface area contributed by atoms with E-state index in [1.165, 1.54) is 23.7 Å². The lowest BCUT2D eigenvalue weighted by atomic mass is 10.5. The molecule has 0 radical (unpaired) electrons. The molecule has 0 aliphatic rings. The summed E-state index contributed by atoms with van der Waals surface area (Å²) >= 11 is 4.37. The summed E-state index contributed by atoms with van der Waals surface area (Å²) in [6, 6.07) is 0. The first-order valence-electron chi connectivity index (χ1n) is 5.55. The number of hydrogen-bond donors (Lipinski definition) is 2. The summed E-state index contributed by atoms with van der Waals surface area (Å²) < 4.78 is 0.604. The summed E-state index contributed by atoms with van der Waals surface area (Å²) in [6.45, 7) is 2.85. The molecule has 100 valence electrons. The molecule has 2 aromatic rings. The average molecular weight is 343 g/mol. The first kappa shape index (κ1) is 13.8. The van der Waals surface area contributed by atoms with Gasteiger partial charge in [-0.3, -0.25) is 4.79 Å². The van der Waals surface area contributed by atoms with Gasteiger partial charge in [0.15, 0.2) is 5.82 Å². The van der Waals surface area contributed by atoms with E-state index in [1.54, 1.807) is 0 Å². The van der Waals surface area contributed by atoms with E-state index in [2.05, 4.69) is 46.7 Å². The second kappa shape index (κ2) is 6.53. The molecular formula is C10H11BrN6OS. The van der Waals surface area contributed by atoms with Crippen molar-refractivity contribution in [2.24, 2.45) is 0 Å². The van der Waals surface area contributed by atoms with E-state index < -0.39 is 0 Å². The Morgan fingerprint density at radius 2 is 2.21 bits per heavy atom. The number of rotatable bonds is 5. The van der Waals surface area contributed by atoms with Gasteiger partial charge in [0, 0.05) is 6.54 Å². The molecule has 0 aliphatic carbocycles. The van der Waals surface area contributed by atoms with Crippen molar-refractivity contribution in [3.8, 4) is 0 Å². The van der Waals surface area contributed by atoms with Crippen LogP contribution < -0.4 is 10.6 Å². The van der Waals surface area contributed by atoms with Crippen LogP contribution in [0.25, 0.3) is 0 Å². The lowest BCUT2D eigenvalue weighted by molar-refractivity contribution is 0.102. The van der Waals surface area contributed by atoms with Crippen molar-refractivity contribution in [3.05, 3.63) is 22.0 Å². The van der Waals surface area contributed by atoms with Crippen molar-refractivity contribution in [3.63, 3.8) is 0 Å². The van der Waals surface area contributed by atoms with Gasteiger partial charge in [0.05, 0.1) is 12.4 Å². The fourth-order valence-electron chi connectivity index (χ4n) is 1.16. The summed E-state index contributed by atoms with van der Waals surface area (Å²) in [5.41, 5.74) is 0. The Morgan fingerprint density at radius 1 is 1.37 bits per heavy atom. The fraction of sp³-hybridized carbons (Fsp3) is 0.300. The van der Waals surface area contributed by atoms with Gasteiger partial charge in [-0.25, -0.2) is 9.97 Å². The number of nitrogens with zero attached hydrogens (tertiary/aromatic N) is 4. The van der Waals surface area contributed by atoms with Crippen LogP contribution in [-0.4, -0.2) is 32.6 Å². The minimum Gasteiger partial charge on any atom is -0.360 e. The number of carbonyl (C=O) groups excluding carboxylic acids is 1. The molecule has 0 saturated carbocycles. The molecule has 2 heterocycles. The van der Waals surface area contributed by atoms with Crippen molar-refractivity contribution in [2.45, 2.75) is 13.3 Å². The van der Waals surface area contributed by atoms with Gasteiger partial charge >= 0.3 is 0 Å². The van der Waals surface area contributed by atoms with Crippen LogP contribution in [0.15, 0.2) is 17.0 Å². The zero-order valence-corrected chi connectivity index (χ0v) is 12.5. The molecule has 1 amide bonds. The second-order valence-corrected chi connectivity index (χ2v) is 5.31. The Bertz CT molecular complexity index is 557. The van der Waals surface area contributed by atoms with Gasteiger partial charge in [-0.1, -0.05) is 18.3 Å². The number of nitrogens with one attached hydrogen (secondary N) is 2. The Labute approximate surface area is 122 Å². The van der Waals surface area contributed by atoms with E-state index in [9.17, 15) is 4.79 Å². The fourth-order valence-corrected chi connectivity index (χ4v) is 2.03. The molecule has 0 unspecified atom stereocenters. The van der Waals surface area contributed by atoms with E-state index in [0.29, 0.717) is 15.6 Å². The summed E-state index contributed by atoms with van der Waals surface area (Å²) in [6.07, 6.45) is 3.94. The number of halogens is 1. The van der Waals surface area contributed by atoms with Crippen molar-refractivity contribution < 1.29 is 4.79 Å². The molecule has 19 heavy (non-hydrogen) atoms. The third-order valence-electron chi connectivity index (χ3n) is 2.01. The Morgan fingerprint density at radius 3 is 2.89 bits per heavy atom. The van der Waals surface area contributed by atoms with Gasteiger partial charge in [0.2, 0.25) is 10.1 Å². The van der Waals surface area contributed by atoms with E-state index in [-0.39, 0.29) is 10.9 Å². The standard InChI is InChI=1S/C10H11BrN6OS/c1-2-3-12-10-17-16-9(19-10)8(18)15-7-5-13-6(11)4-14-7/h4-5H,2-3H2,1H3,(H,12,17)(H,14,15,18). The third-order valence-corrected chi connectivity index (χ3v) is 3.30. The molecular weight excluding hydrogens is 332 g/mol. The highest BCUT2D eigenvalue weighted by atomic mass is 79.9. The number of anilines is 2. The summed E-state index contributed by atoms with van der Waals surface area (Å²) in [4.78, 5) is 19.8. The van der Waals surface area contributed by atoms with Gasteiger partial charge in [0.25, 0.3) is 5.91 Å². The molecule has 0 aliphatic heterocycles. The van der Waals surface area contributed by atoms with E-state index in [0.717, 1.165) is 13.0 Å². The minimum atomic E-state index is -0.348. The van der Waals surface area contributed by atoms with Gasteiger partial charge < -0.3 is 10.6 Å². The maximum Gasteiger partial charge on any atom is 0.287 e. The molecule has 2 N–H and O–H groups in total. The van der Waals surface area contributed by atoms with Crippen LogP contribution in [0.1, 0.15) is 23.1 Å². The SMILES string of the molecule is CCCNc1nnc(C(=O)Nc2cnc(Br)cn2)s1. The van der Waals surface area contributed by atoms with Crippen LogP contribution in [0.2, 0.25) is 0 Å². The molecule has 0 atom stereocenters. The summed E-state index contributed by atoms with van der Waals surface area (Å²) in [7, 11) is 0. The predicted molar refractivity (Wildman–Crippen MR) is 76.4 cm³/mol. The highest BCUT2D eigenvalue weighted by Gasteiger charge is 2.13. The Hall–Kier alpha value is -1.61. The van der Waals surface area contributed by atoms with E-state index in [1.807, 2.05) is 6.92 Å². The van der Waals surface area contributed by atoms with Gasteiger partial charge in [-0.05, 0) is 22.4 Å². The van der Waals surface area contributed by atoms with Gasteiger partial charge in [-0.2, -0.15) is 0 Å². The topological polar surface area (TPSA) is 92.7 Å². The smallest absolute Gasteiger partial charge is 0.287 e. The first-order chi connectivity index (χ1) is 9.19. The molecule has 0 bridgehead atoms. The van der Waals surface area contributed by atoms with Crippen LogP contribution >= 0.6 is 27.3 Å². The maximum atomic E-state index is 11.9. The quantitative estimate of drug-likeness (QED) is 0.864. The highest BCUT2D eigenvalue weighted by Crippen LogP contribution is 2.16. The number of amides is 1. The van der Waals surface area contributed by atoms with Crippen LogP contribution in [0.5, 0.6) is 0 Å². The Balaban J connectivity index is 1.99. The Kier molecular flexibility index (Phi) is 4.74. The lowest BCUT2D eigenvalue weighted by Gasteiger charge is -2.00. The van der Waals surface area contributed by atoms with Gasteiger partial charge in [0.1, 0.15) is 4.60 Å². The zero-order chi connectivity index (χ0) is 13.7. The molecule has 9 heteroatoms. The molecule has 2 rings (SSSR count). The first-order valence-corrected chi connectivity index (χ1v) is 7.16. The average Bonchev–Trinajstić information content (AvgIpc) is 2.88. The number of hydrogen-bond acceptors (Lipinski definition) is 7. The molecule has 0 fully saturated rings. The van der Waals surface area contributed by atoms with E-state index >= 15 is 0 Å². The van der Waals surface area contributed by atoms with Crippen LogP contribution in [-0.2, 0) is 0 Å².